The molecule has 7 heteroatoms. The van der Waals surface area contributed by atoms with Crippen LogP contribution in [0.15, 0.2) is 41.3 Å². The van der Waals surface area contributed by atoms with Crippen molar-refractivity contribution >= 4 is 34.1 Å². The Morgan fingerprint density at radius 2 is 2.35 bits per heavy atom. The first-order chi connectivity index (χ1) is 11.1. The molecule has 0 aliphatic carbocycles. The number of nitrogens with one attached hydrogen (secondary N) is 1. The van der Waals surface area contributed by atoms with Gasteiger partial charge in [-0.05, 0) is 31.0 Å². The van der Waals surface area contributed by atoms with E-state index in [1.165, 1.54) is 23.1 Å². The van der Waals surface area contributed by atoms with Gasteiger partial charge in [-0.3, -0.25) is 10.1 Å². The molecule has 1 amide bonds. The average Bonchev–Trinajstić information content (AvgIpc) is 2.98. The number of aryl methyl sites for hydroxylation is 1. The zero-order valence-electron chi connectivity index (χ0n) is 13.1. The number of ether oxygens (including phenoxy) is 1. The van der Waals surface area contributed by atoms with Crippen LogP contribution in [0.25, 0.3) is 0 Å². The normalized spacial score (nSPS) is 11.7. The summed E-state index contributed by atoms with van der Waals surface area (Å²) in [6.07, 6.45) is 1.80. The van der Waals surface area contributed by atoms with Gasteiger partial charge in [-0.2, -0.15) is 0 Å². The number of carbonyl (C=O) groups excluding carboxylic acids is 1. The topological polar surface area (TPSA) is 64.1 Å². The third-order valence-corrected chi connectivity index (χ3v) is 4.86. The van der Waals surface area contributed by atoms with Crippen molar-refractivity contribution in [3.05, 3.63) is 42.5 Å². The lowest BCUT2D eigenvalue weighted by atomic mass is 10.2. The van der Waals surface area contributed by atoms with Crippen molar-refractivity contribution in [3.8, 4) is 5.75 Å². The molecule has 0 saturated heterocycles. The molecule has 5 nitrogen and oxygen atoms in total. The zero-order valence-corrected chi connectivity index (χ0v) is 14.7. The maximum Gasteiger partial charge on any atom is 0.267 e. The molecule has 2 rings (SSSR count). The van der Waals surface area contributed by atoms with Crippen molar-refractivity contribution in [1.29, 1.82) is 0 Å². The van der Waals surface area contributed by atoms with Crippen molar-refractivity contribution < 1.29 is 9.53 Å². The number of carbonyl (C=O) groups is 1. The van der Waals surface area contributed by atoms with E-state index in [9.17, 15) is 4.79 Å². The maximum absolute atomic E-state index is 12.3. The van der Waals surface area contributed by atoms with Gasteiger partial charge < -0.3 is 4.74 Å². The first-order valence-corrected chi connectivity index (χ1v) is 9.04. The summed E-state index contributed by atoms with van der Waals surface area (Å²) >= 11 is 2.87. The number of hydrogen-bond donors (Lipinski definition) is 1. The van der Waals surface area contributed by atoms with Crippen LogP contribution < -0.4 is 10.1 Å². The summed E-state index contributed by atoms with van der Waals surface area (Å²) in [5.74, 6) is 1.23. The minimum Gasteiger partial charge on any atom is -0.481 e. The predicted molar refractivity (Wildman–Crippen MR) is 95.3 cm³/mol. The Morgan fingerprint density at radius 3 is 3.04 bits per heavy atom. The number of aromatic nitrogens is 2. The molecule has 0 aliphatic rings. The van der Waals surface area contributed by atoms with E-state index in [1.54, 1.807) is 6.08 Å². The van der Waals surface area contributed by atoms with Gasteiger partial charge in [0, 0.05) is 5.75 Å². The smallest absolute Gasteiger partial charge is 0.267 e. The summed E-state index contributed by atoms with van der Waals surface area (Å²) in [6.45, 7) is 7.55. The highest BCUT2D eigenvalue weighted by Gasteiger charge is 2.20. The lowest BCUT2D eigenvalue weighted by molar-refractivity contribution is -0.122. The highest BCUT2D eigenvalue weighted by molar-refractivity contribution is 8.01. The standard InChI is InChI=1S/C16H19N3O2S2/c1-4-9-22-16-19-18-15(23-16)17-14(20)13(5-2)21-12-8-6-7-11(3)10-12/h4,6-8,10,13H,1,5,9H2,2-3H3,(H,17,18,20)/t13-/m0/s1. The second-order valence-electron chi connectivity index (χ2n) is 4.79. The average molecular weight is 349 g/mol. The van der Waals surface area contributed by atoms with Crippen molar-refractivity contribution in [2.45, 2.75) is 30.7 Å². The van der Waals surface area contributed by atoms with Crippen LogP contribution >= 0.6 is 23.1 Å². The van der Waals surface area contributed by atoms with Crippen LogP contribution in [0.3, 0.4) is 0 Å². The lowest BCUT2D eigenvalue weighted by Gasteiger charge is -2.16. The molecule has 0 spiro atoms. The fourth-order valence-electron chi connectivity index (χ4n) is 1.81. The van der Waals surface area contributed by atoms with E-state index in [-0.39, 0.29) is 5.91 Å². The molecule has 122 valence electrons. The van der Waals surface area contributed by atoms with E-state index in [1.807, 2.05) is 38.1 Å². The molecule has 0 saturated carbocycles. The summed E-state index contributed by atoms with van der Waals surface area (Å²) in [6, 6.07) is 7.64. The number of anilines is 1. The van der Waals surface area contributed by atoms with Crippen LogP contribution in [0.1, 0.15) is 18.9 Å². The molecule has 1 aromatic carbocycles. The minimum atomic E-state index is -0.565. The van der Waals surface area contributed by atoms with Crippen LogP contribution in [0.2, 0.25) is 0 Å². The quantitative estimate of drug-likeness (QED) is 0.444. The highest BCUT2D eigenvalue weighted by atomic mass is 32.2. The van der Waals surface area contributed by atoms with E-state index in [2.05, 4.69) is 22.1 Å². The Morgan fingerprint density at radius 1 is 1.52 bits per heavy atom. The number of benzene rings is 1. The molecular weight excluding hydrogens is 330 g/mol. The number of rotatable bonds is 8. The molecule has 1 atom stereocenters. The molecule has 1 heterocycles. The monoisotopic (exact) mass is 349 g/mol. The van der Waals surface area contributed by atoms with Crippen molar-refractivity contribution in [3.63, 3.8) is 0 Å². The highest BCUT2D eigenvalue weighted by Crippen LogP contribution is 2.25. The Kier molecular flexibility index (Phi) is 6.61. The summed E-state index contributed by atoms with van der Waals surface area (Å²) < 4.78 is 6.58. The number of thioether (sulfide) groups is 1. The van der Waals surface area contributed by atoms with Gasteiger partial charge in [0.25, 0.3) is 5.91 Å². The summed E-state index contributed by atoms with van der Waals surface area (Å²) in [5, 5.41) is 11.2. The second kappa shape index (κ2) is 8.69. The first kappa shape index (κ1) is 17.5. The van der Waals surface area contributed by atoms with E-state index < -0.39 is 6.10 Å². The Bertz CT molecular complexity index is 673. The summed E-state index contributed by atoms with van der Waals surface area (Å²) in [7, 11) is 0. The van der Waals surface area contributed by atoms with Gasteiger partial charge in [-0.1, -0.05) is 48.2 Å². The van der Waals surface area contributed by atoms with Crippen LogP contribution in [-0.2, 0) is 4.79 Å². The van der Waals surface area contributed by atoms with Crippen molar-refractivity contribution in [1.82, 2.24) is 10.2 Å². The van der Waals surface area contributed by atoms with E-state index in [0.29, 0.717) is 17.3 Å². The fourth-order valence-corrected chi connectivity index (χ4v) is 3.33. The largest absolute Gasteiger partial charge is 0.481 e. The van der Waals surface area contributed by atoms with Crippen molar-refractivity contribution in [2.24, 2.45) is 0 Å². The fraction of sp³-hybridized carbons (Fsp3) is 0.312. The molecule has 0 unspecified atom stereocenters. The molecule has 1 aromatic heterocycles. The van der Waals surface area contributed by atoms with Gasteiger partial charge in [0.05, 0.1) is 0 Å². The number of amides is 1. The van der Waals surface area contributed by atoms with Crippen LogP contribution in [-0.4, -0.2) is 28.0 Å². The third-order valence-electron chi connectivity index (χ3n) is 2.89. The molecule has 23 heavy (non-hydrogen) atoms. The Hall–Kier alpha value is -1.86. The van der Waals surface area contributed by atoms with E-state index in [0.717, 1.165) is 15.7 Å². The van der Waals surface area contributed by atoms with Crippen molar-refractivity contribution in [2.75, 3.05) is 11.1 Å². The maximum atomic E-state index is 12.3. The molecule has 1 N–H and O–H groups in total. The predicted octanol–water partition coefficient (Wildman–Crippen LogP) is 3.92. The third kappa shape index (κ3) is 5.37. The Balaban J connectivity index is 1.96. The Labute approximate surface area is 144 Å². The summed E-state index contributed by atoms with van der Waals surface area (Å²) in [5.41, 5.74) is 1.09. The van der Waals surface area contributed by atoms with E-state index >= 15 is 0 Å². The number of nitrogens with zero attached hydrogens (tertiary/aromatic N) is 2. The minimum absolute atomic E-state index is 0.217. The second-order valence-corrected chi connectivity index (χ2v) is 7.04. The molecule has 0 aliphatic heterocycles. The van der Waals surface area contributed by atoms with Gasteiger partial charge in [0.1, 0.15) is 5.75 Å². The molecule has 0 radical (unpaired) electrons. The van der Waals surface area contributed by atoms with Gasteiger partial charge >= 0.3 is 0 Å². The van der Waals surface area contributed by atoms with Crippen LogP contribution in [0.4, 0.5) is 5.13 Å². The molecule has 0 fully saturated rings. The summed E-state index contributed by atoms with van der Waals surface area (Å²) in [4.78, 5) is 12.3. The first-order valence-electron chi connectivity index (χ1n) is 7.23. The van der Waals surface area contributed by atoms with Crippen LogP contribution in [0.5, 0.6) is 5.75 Å². The molecular formula is C16H19N3O2S2. The van der Waals surface area contributed by atoms with Crippen LogP contribution in [0, 0.1) is 6.92 Å². The van der Waals surface area contributed by atoms with Gasteiger partial charge in [-0.15, -0.1) is 16.8 Å². The molecule has 0 bridgehead atoms. The van der Waals surface area contributed by atoms with E-state index in [4.69, 9.17) is 4.74 Å². The zero-order chi connectivity index (χ0) is 16.7. The number of hydrogen-bond acceptors (Lipinski definition) is 6. The molecule has 2 aromatic rings. The SMILES string of the molecule is C=CCSc1nnc(NC(=O)[C@H](CC)Oc2cccc(C)c2)s1. The van der Waals surface area contributed by atoms with Gasteiger partial charge in [-0.25, -0.2) is 0 Å². The lowest BCUT2D eigenvalue weighted by Crippen LogP contribution is -2.32. The van der Waals surface area contributed by atoms with Gasteiger partial charge in [0.15, 0.2) is 10.4 Å². The van der Waals surface area contributed by atoms with Gasteiger partial charge in [0.2, 0.25) is 5.13 Å².